The average molecular weight is 870 g/mol. The molecule has 2 saturated heterocycles. The van der Waals surface area contributed by atoms with E-state index in [0.717, 1.165) is 27.7 Å². The van der Waals surface area contributed by atoms with Crippen molar-refractivity contribution in [3.05, 3.63) is 24.3 Å². The van der Waals surface area contributed by atoms with Crippen molar-refractivity contribution in [2.24, 2.45) is 0 Å². The van der Waals surface area contributed by atoms with Crippen LogP contribution in [0.1, 0.15) is 27.7 Å². The molecule has 0 unspecified atom stereocenters. The Labute approximate surface area is 331 Å². The molecule has 0 radical (unpaired) electrons. The predicted molar refractivity (Wildman–Crippen MR) is 187 cm³/mol. The number of methoxy groups -OCH3 is 1. The van der Waals surface area contributed by atoms with Crippen molar-refractivity contribution < 1.29 is 95.6 Å². The molecule has 2 bridgehead atoms. The molecular weight excluding hydrogens is 820 g/mol. The van der Waals surface area contributed by atoms with Crippen LogP contribution in [-0.2, 0) is 86.1 Å². The van der Waals surface area contributed by atoms with Gasteiger partial charge in [-0.1, -0.05) is 15.9 Å². The number of carbonyl (C=O) groups excluding carboxylic acids is 4. The third-order valence-electron chi connectivity index (χ3n) is 8.01. The Bertz CT molecular complexity index is 1370. The van der Waals surface area contributed by atoms with E-state index < -0.39 is 91.9 Å². The fraction of sp³-hybridized carbons (Fsp3) is 0.714. The van der Waals surface area contributed by atoms with Crippen LogP contribution in [0, 0.1) is 0 Å². The van der Waals surface area contributed by atoms with Gasteiger partial charge in [0, 0.05) is 40.1 Å². The van der Waals surface area contributed by atoms with Gasteiger partial charge in [0.25, 0.3) is 0 Å². The Balaban J connectivity index is 1.61. The third kappa shape index (κ3) is 14.3. The standard InChI is InChI=1S/C35H49BrO20/c1-20(37)46-19-27-29(49-21(2)38)30(50-22(3)39)32(51-23(4)40)35(53-27)54-28-26(18-36)52-34(41-5)33-31(28)55-47-16-12-42-10-14-44-24-6-8-25(9-7-24)45-15-11-43-13-17-48-56-33/h6-9,26-35H,10-19H2,1-5H3/t26-,27-,28-,29-,30+,31+,32-,33-,34+,35+/m1/s1. The van der Waals surface area contributed by atoms with Crippen molar-refractivity contribution >= 4 is 39.8 Å². The molecule has 1 aromatic rings. The van der Waals surface area contributed by atoms with Crippen molar-refractivity contribution in [2.45, 2.75) is 89.1 Å². The first-order valence-corrected chi connectivity index (χ1v) is 18.9. The number of esters is 4. The van der Waals surface area contributed by atoms with E-state index in [4.69, 9.17) is 76.4 Å². The summed E-state index contributed by atoms with van der Waals surface area (Å²) in [5.74, 6) is -1.82. The summed E-state index contributed by atoms with van der Waals surface area (Å²) in [6, 6.07) is 7.13. The summed E-state index contributed by atoms with van der Waals surface area (Å²) in [7, 11) is 1.38. The summed E-state index contributed by atoms with van der Waals surface area (Å²) in [5, 5.41) is 0.123. The normalized spacial score (nSPS) is 31.1. The van der Waals surface area contributed by atoms with E-state index in [1.54, 1.807) is 24.3 Å². The lowest BCUT2D eigenvalue weighted by Crippen LogP contribution is -2.66. The van der Waals surface area contributed by atoms with Crippen LogP contribution in [0.15, 0.2) is 24.3 Å². The molecule has 0 aliphatic carbocycles. The zero-order chi connectivity index (χ0) is 40.5. The monoisotopic (exact) mass is 868 g/mol. The molecular formula is C35H49BrO20. The molecule has 4 aliphatic rings. The first-order valence-electron chi connectivity index (χ1n) is 17.8. The molecule has 5 rings (SSSR count). The van der Waals surface area contributed by atoms with Crippen molar-refractivity contribution in [2.75, 3.05) is 71.9 Å². The fourth-order valence-corrected chi connectivity index (χ4v) is 6.26. The van der Waals surface area contributed by atoms with Gasteiger partial charge in [-0.2, -0.15) is 0 Å². The molecule has 1 aromatic carbocycles. The Morgan fingerprint density at radius 3 is 1.62 bits per heavy atom. The molecule has 4 heterocycles. The van der Waals surface area contributed by atoms with Gasteiger partial charge in [-0.3, -0.25) is 19.2 Å². The van der Waals surface area contributed by atoms with E-state index in [-0.39, 0.29) is 58.2 Å². The quantitative estimate of drug-likeness (QED) is 0.113. The molecule has 20 nitrogen and oxygen atoms in total. The maximum absolute atomic E-state index is 12.5. The lowest BCUT2D eigenvalue weighted by atomic mass is 9.96. The van der Waals surface area contributed by atoms with Crippen LogP contribution >= 0.6 is 15.9 Å². The largest absolute Gasteiger partial charge is 0.491 e. The van der Waals surface area contributed by atoms with E-state index in [1.165, 1.54) is 7.11 Å². The van der Waals surface area contributed by atoms with Crippen LogP contribution in [-0.4, -0.2) is 157 Å². The second-order valence-electron chi connectivity index (χ2n) is 12.3. The molecule has 0 aromatic heterocycles. The summed E-state index contributed by atoms with van der Waals surface area (Å²) in [6.07, 6.45) is -13.0. The Morgan fingerprint density at radius 2 is 1.11 bits per heavy atom. The molecule has 316 valence electrons. The van der Waals surface area contributed by atoms with Gasteiger partial charge in [0.2, 0.25) is 0 Å². The number of alkyl halides is 1. The summed E-state index contributed by atoms with van der Waals surface area (Å²) in [5.41, 5.74) is 0. The van der Waals surface area contributed by atoms with Gasteiger partial charge < -0.3 is 56.8 Å². The Morgan fingerprint density at radius 1 is 0.607 bits per heavy atom. The molecule has 10 atom stereocenters. The van der Waals surface area contributed by atoms with Gasteiger partial charge >= 0.3 is 23.9 Å². The maximum Gasteiger partial charge on any atom is 0.303 e. The molecule has 0 spiro atoms. The number of benzene rings is 1. The van der Waals surface area contributed by atoms with Gasteiger partial charge in [-0.05, 0) is 24.3 Å². The fourth-order valence-electron chi connectivity index (χ4n) is 5.73. The van der Waals surface area contributed by atoms with Crippen LogP contribution < -0.4 is 9.47 Å². The number of carbonyl (C=O) groups is 4. The van der Waals surface area contributed by atoms with Crippen LogP contribution in [0.25, 0.3) is 0 Å². The molecule has 0 saturated carbocycles. The number of hydrogen-bond acceptors (Lipinski definition) is 20. The highest BCUT2D eigenvalue weighted by atomic mass is 79.9. The molecule has 0 amide bonds. The zero-order valence-electron chi connectivity index (χ0n) is 31.7. The first kappa shape index (κ1) is 45.5. The second-order valence-corrected chi connectivity index (χ2v) is 12.9. The second kappa shape index (κ2) is 23.9. The van der Waals surface area contributed by atoms with E-state index in [1.807, 2.05) is 0 Å². The SMILES string of the molecule is CO[C@H]1O[C@H](CBr)[C@@H](O[C@@H]2O[C@H](COC(C)=O)[C@@H](OC(C)=O)[C@H](OC(C)=O)[C@H]2OC(C)=O)[C@@H]2OOCCOCCOc3ccc(cc3)OCCOCCOO[C@@H]12. The van der Waals surface area contributed by atoms with Gasteiger partial charge in [-0.15, -0.1) is 0 Å². The van der Waals surface area contributed by atoms with E-state index in [2.05, 4.69) is 15.9 Å². The summed E-state index contributed by atoms with van der Waals surface area (Å²) in [4.78, 5) is 71.7. The van der Waals surface area contributed by atoms with E-state index >= 15 is 0 Å². The lowest BCUT2D eigenvalue weighted by Gasteiger charge is -2.48. The van der Waals surface area contributed by atoms with Gasteiger partial charge in [0.1, 0.15) is 56.7 Å². The zero-order valence-corrected chi connectivity index (χ0v) is 33.3. The topological polar surface area (TPSA) is 216 Å². The summed E-state index contributed by atoms with van der Waals surface area (Å²) in [6.45, 7) is 5.17. The molecule has 4 aliphatic heterocycles. The van der Waals surface area contributed by atoms with Gasteiger partial charge in [0.15, 0.2) is 43.1 Å². The maximum atomic E-state index is 12.5. The number of hydrogen-bond donors (Lipinski definition) is 0. The predicted octanol–water partition coefficient (Wildman–Crippen LogP) is 1.36. The van der Waals surface area contributed by atoms with Crippen molar-refractivity contribution in [1.29, 1.82) is 0 Å². The smallest absolute Gasteiger partial charge is 0.303 e. The van der Waals surface area contributed by atoms with Crippen LogP contribution in [0.4, 0.5) is 0 Å². The lowest BCUT2D eigenvalue weighted by molar-refractivity contribution is -0.457. The number of fused-ring (bicyclic) bond motifs is 16. The van der Waals surface area contributed by atoms with Gasteiger partial charge in [-0.25, -0.2) is 19.6 Å². The first-order chi connectivity index (χ1) is 27.0. The highest BCUT2D eigenvalue weighted by Gasteiger charge is 2.57. The molecule has 0 N–H and O–H groups in total. The highest BCUT2D eigenvalue weighted by molar-refractivity contribution is 9.09. The minimum absolute atomic E-state index is 0.0342. The van der Waals surface area contributed by atoms with E-state index in [9.17, 15) is 19.2 Å². The summed E-state index contributed by atoms with van der Waals surface area (Å²) < 4.78 is 69.0. The van der Waals surface area contributed by atoms with Crippen molar-refractivity contribution in [3.8, 4) is 11.5 Å². The number of ether oxygens (including phenoxy) is 12. The minimum atomic E-state index is -1.60. The third-order valence-corrected chi connectivity index (χ3v) is 8.65. The van der Waals surface area contributed by atoms with Crippen molar-refractivity contribution in [3.63, 3.8) is 0 Å². The number of halogens is 1. The number of rotatable bonds is 9. The van der Waals surface area contributed by atoms with Crippen LogP contribution in [0.5, 0.6) is 11.5 Å². The molecule has 21 heteroatoms. The Hall–Kier alpha value is -3.22. The average Bonchev–Trinajstić information content (AvgIpc) is 3.15. The van der Waals surface area contributed by atoms with E-state index in [0.29, 0.717) is 11.5 Å². The Kier molecular flexibility index (Phi) is 19.4. The van der Waals surface area contributed by atoms with Crippen LogP contribution in [0.3, 0.4) is 0 Å². The molecule has 56 heavy (non-hydrogen) atoms. The van der Waals surface area contributed by atoms with Crippen LogP contribution in [0.2, 0.25) is 0 Å². The highest BCUT2D eigenvalue weighted by Crippen LogP contribution is 2.35. The summed E-state index contributed by atoms with van der Waals surface area (Å²) >= 11 is 3.44. The van der Waals surface area contributed by atoms with Crippen molar-refractivity contribution in [1.82, 2.24) is 0 Å². The molecule has 2 fully saturated rings. The minimum Gasteiger partial charge on any atom is -0.491 e. The van der Waals surface area contributed by atoms with Gasteiger partial charge in [0.05, 0.1) is 32.5 Å².